The summed E-state index contributed by atoms with van der Waals surface area (Å²) in [7, 11) is 0. The fourth-order valence-electron chi connectivity index (χ4n) is 5.02. The molecule has 0 radical (unpaired) electrons. The van der Waals surface area contributed by atoms with Gasteiger partial charge in [-0.2, -0.15) is 0 Å². The number of hydrogen-bond acceptors (Lipinski definition) is 4. The second-order valence-corrected chi connectivity index (χ2v) is 12.3. The Hall–Kier alpha value is -4.30. The number of aromatic nitrogens is 2. The van der Waals surface area contributed by atoms with Gasteiger partial charge in [0.2, 0.25) is 5.91 Å². The van der Waals surface area contributed by atoms with Crippen molar-refractivity contribution in [2.45, 2.75) is 71.4 Å². The van der Waals surface area contributed by atoms with Crippen LogP contribution in [0.3, 0.4) is 0 Å². The molecule has 0 aliphatic heterocycles. The van der Waals surface area contributed by atoms with E-state index in [1.54, 1.807) is 36.5 Å². The number of amides is 1. The molecule has 1 amide bonds. The Bertz CT molecular complexity index is 1650. The van der Waals surface area contributed by atoms with Crippen LogP contribution < -0.4 is 15.7 Å². The van der Waals surface area contributed by atoms with Gasteiger partial charge in [-0.25, -0.2) is 9.59 Å². The fraction of sp³-hybridized carbons (Fsp3) is 0.343. The number of ether oxygens (including phenoxy) is 1. The lowest BCUT2D eigenvalue weighted by Crippen LogP contribution is -2.36. The number of benzene rings is 3. The van der Waals surface area contributed by atoms with Crippen LogP contribution in [0.1, 0.15) is 64.1 Å². The van der Waals surface area contributed by atoms with Gasteiger partial charge in [0.05, 0.1) is 5.69 Å². The molecule has 0 unspecified atom stereocenters. The van der Waals surface area contributed by atoms with Crippen LogP contribution in [-0.4, -0.2) is 32.7 Å². The first-order chi connectivity index (χ1) is 21.0. The molecule has 0 saturated carbocycles. The van der Waals surface area contributed by atoms with Gasteiger partial charge in [0.1, 0.15) is 24.1 Å². The molecule has 3 aromatic carbocycles. The van der Waals surface area contributed by atoms with E-state index in [4.69, 9.17) is 16.3 Å². The third-order valence-corrected chi connectivity index (χ3v) is 7.86. The number of nitrogens with one attached hydrogen (secondary N) is 1. The molecule has 4 aromatic rings. The van der Waals surface area contributed by atoms with E-state index in [9.17, 15) is 19.5 Å². The highest BCUT2D eigenvalue weighted by Crippen LogP contribution is 2.31. The minimum atomic E-state index is -1.10. The summed E-state index contributed by atoms with van der Waals surface area (Å²) in [5.74, 6) is -0.269. The molecule has 8 nitrogen and oxygen atoms in total. The van der Waals surface area contributed by atoms with Gasteiger partial charge < -0.3 is 15.2 Å². The van der Waals surface area contributed by atoms with Crippen molar-refractivity contribution in [2.75, 3.05) is 6.54 Å². The number of halogens is 1. The molecule has 9 heteroatoms. The zero-order valence-corrected chi connectivity index (χ0v) is 26.4. The Morgan fingerprint density at radius 3 is 2.39 bits per heavy atom. The quantitative estimate of drug-likeness (QED) is 0.165. The average Bonchev–Trinajstić information content (AvgIpc) is 3.29. The Labute approximate surface area is 263 Å². The van der Waals surface area contributed by atoms with Gasteiger partial charge in [0, 0.05) is 23.3 Å². The lowest BCUT2D eigenvalue weighted by molar-refractivity contribution is -0.141. The SMILES string of the molecule is CCCC[C@@H](C(=O)O)n1c(-c2cccc(Oc3ccc(C(C)(C)C)cc3)c2)cn(CC(=O)NCCc2ccccc2Cl)c1=O. The lowest BCUT2D eigenvalue weighted by Gasteiger charge is -2.19. The molecule has 44 heavy (non-hydrogen) atoms. The van der Waals surface area contributed by atoms with Crippen molar-refractivity contribution in [1.29, 1.82) is 0 Å². The summed E-state index contributed by atoms with van der Waals surface area (Å²) in [4.78, 5) is 38.9. The van der Waals surface area contributed by atoms with Gasteiger partial charge in [-0.15, -0.1) is 0 Å². The van der Waals surface area contributed by atoms with Crippen LogP contribution in [0.2, 0.25) is 5.02 Å². The predicted molar refractivity (Wildman–Crippen MR) is 174 cm³/mol. The van der Waals surface area contributed by atoms with Gasteiger partial charge in [-0.1, -0.05) is 94.6 Å². The number of imidazole rings is 1. The van der Waals surface area contributed by atoms with Crippen LogP contribution >= 0.6 is 11.6 Å². The third-order valence-electron chi connectivity index (χ3n) is 7.49. The fourth-order valence-corrected chi connectivity index (χ4v) is 5.25. The standard InChI is InChI=1S/C35H40ClN3O5/c1-5-6-14-30(33(41)42)39-31(22-38(34(39)43)23-32(40)37-20-19-24-10-7-8-13-29(24)36)25-11-9-12-28(21-25)44-27-17-15-26(16-18-27)35(2,3)4/h7-13,15-18,21-22,30H,5-6,14,19-20,23H2,1-4H3,(H,37,40)(H,41,42)/t30-/m0/s1. The molecule has 1 heterocycles. The van der Waals surface area contributed by atoms with Crippen molar-refractivity contribution >= 4 is 23.5 Å². The first-order valence-electron chi connectivity index (χ1n) is 14.9. The summed E-state index contributed by atoms with van der Waals surface area (Å²) in [6, 6.07) is 21.4. The molecular weight excluding hydrogens is 578 g/mol. The summed E-state index contributed by atoms with van der Waals surface area (Å²) < 4.78 is 8.68. The summed E-state index contributed by atoms with van der Waals surface area (Å²) in [6.07, 6.45) is 3.78. The number of rotatable bonds is 13. The molecule has 0 fully saturated rings. The maximum Gasteiger partial charge on any atom is 0.329 e. The Morgan fingerprint density at radius 1 is 1.00 bits per heavy atom. The molecular formula is C35H40ClN3O5. The number of nitrogens with zero attached hydrogens (tertiary/aromatic N) is 2. The number of aliphatic carboxylic acids is 1. The topological polar surface area (TPSA) is 103 Å². The number of carboxylic acid groups (broad SMARTS) is 1. The summed E-state index contributed by atoms with van der Waals surface area (Å²) in [5.41, 5.74) is 2.55. The minimum absolute atomic E-state index is 0.0141. The smallest absolute Gasteiger partial charge is 0.329 e. The second-order valence-electron chi connectivity index (χ2n) is 11.9. The van der Waals surface area contributed by atoms with Crippen molar-refractivity contribution in [3.8, 4) is 22.8 Å². The number of carbonyl (C=O) groups excluding carboxylic acids is 1. The molecule has 0 bridgehead atoms. The number of hydrogen-bond donors (Lipinski definition) is 2. The van der Waals surface area contributed by atoms with E-state index in [1.807, 2.05) is 49.4 Å². The van der Waals surface area contributed by atoms with Crippen molar-refractivity contribution in [2.24, 2.45) is 0 Å². The van der Waals surface area contributed by atoms with Crippen molar-refractivity contribution < 1.29 is 19.4 Å². The molecule has 0 aliphatic rings. The highest BCUT2D eigenvalue weighted by atomic mass is 35.5. The maximum atomic E-state index is 13.7. The van der Waals surface area contributed by atoms with E-state index in [0.717, 1.165) is 12.0 Å². The number of carbonyl (C=O) groups is 2. The van der Waals surface area contributed by atoms with Gasteiger partial charge in [0.15, 0.2) is 0 Å². The molecule has 232 valence electrons. The Morgan fingerprint density at radius 2 is 1.73 bits per heavy atom. The van der Waals surface area contributed by atoms with Crippen LogP contribution in [0.25, 0.3) is 11.3 Å². The monoisotopic (exact) mass is 617 g/mol. The van der Waals surface area contributed by atoms with E-state index in [2.05, 4.69) is 26.1 Å². The van der Waals surface area contributed by atoms with Gasteiger partial charge in [-0.05, 0) is 59.7 Å². The third kappa shape index (κ3) is 8.20. The zero-order valence-electron chi connectivity index (χ0n) is 25.7. The van der Waals surface area contributed by atoms with Gasteiger partial charge >= 0.3 is 11.7 Å². The Balaban J connectivity index is 1.61. The number of carboxylic acids is 1. The maximum absolute atomic E-state index is 13.7. The molecule has 1 aromatic heterocycles. The summed E-state index contributed by atoms with van der Waals surface area (Å²) in [6.45, 7) is 8.50. The normalized spacial score (nSPS) is 12.1. The molecule has 0 aliphatic carbocycles. The van der Waals surface area contributed by atoms with E-state index >= 15 is 0 Å². The van der Waals surface area contributed by atoms with Crippen molar-refractivity contribution in [1.82, 2.24) is 14.5 Å². The Kier molecular flexibility index (Phi) is 10.7. The molecule has 1 atom stereocenters. The van der Waals surface area contributed by atoms with E-state index in [0.29, 0.717) is 47.2 Å². The van der Waals surface area contributed by atoms with Crippen LogP contribution in [-0.2, 0) is 28.0 Å². The molecule has 0 spiro atoms. The molecule has 4 rings (SSSR count). The summed E-state index contributed by atoms with van der Waals surface area (Å²) >= 11 is 6.22. The number of unbranched alkanes of at least 4 members (excludes halogenated alkanes) is 1. The van der Waals surface area contributed by atoms with Crippen LogP contribution in [0.4, 0.5) is 0 Å². The average molecular weight is 618 g/mol. The lowest BCUT2D eigenvalue weighted by atomic mass is 9.87. The van der Waals surface area contributed by atoms with E-state index < -0.39 is 17.7 Å². The van der Waals surface area contributed by atoms with Gasteiger partial charge in [0.25, 0.3) is 0 Å². The highest BCUT2D eigenvalue weighted by molar-refractivity contribution is 6.31. The van der Waals surface area contributed by atoms with Crippen LogP contribution in [0.5, 0.6) is 11.5 Å². The highest BCUT2D eigenvalue weighted by Gasteiger charge is 2.27. The predicted octanol–water partition coefficient (Wildman–Crippen LogP) is 7.23. The molecule has 0 saturated heterocycles. The van der Waals surface area contributed by atoms with Crippen LogP contribution in [0, 0.1) is 0 Å². The van der Waals surface area contributed by atoms with Crippen molar-refractivity contribution in [3.63, 3.8) is 0 Å². The van der Waals surface area contributed by atoms with Crippen LogP contribution in [0.15, 0.2) is 83.8 Å². The first kappa shape index (κ1) is 32.6. The summed E-state index contributed by atoms with van der Waals surface area (Å²) in [5, 5.41) is 13.6. The largest absolute Gasteiger partial charge is 0.480 e. The minimum Gasteiger partial charge on any atom is -0.480 e. The second kappa shape index (κ2) is 14.4. The van der Waals surface area contributed by atoms with E-state index in [1.165, 1.54) is 14.7 Å². The van der Waals surface area contributed by atoms with Gasteiger partial charge in [-0.3, -0.25) is 13.9 Å². The zero-order chi connectivity index (χ0) is 31.9. The van der Waals surface area contributed by atoms with E-state index in [-0.39, 0.29) is 24.3 Å². The molecule has 2 N–H and O–H groups in total. The first-order valence-corrected chi connectivity index (χ1v) is 15.3. The van der Waals surface area contributed by atoms with Crippen molar-refractivity contribution in [3.05, 3.63) is 106 Å².